The molecule has 0 aliphatic carbocycles. The van der Waals surface area contributed by atoms with Gasteiger partial charge in [-0.15, -0.1) is 0 Å². The largest absolute Gasteiger partial charge is 0.493 e. The van der Waals surface area contributed by atoms with Crippen molar-refractivity contribution in [2.75, 3.05) is 53.6 Å². The molecule has 2 heterocycles. The van der Waals surface area contributed by atoms with Crippen molar-refractivity contribution in [2.45, 2.75) is 38.3 Å². The lowest BCUT2D eigenvalue weighted by molar-refractivity contribution is 0.0326. The summed E-state index contributed by atoms with van der Waals surface area (Å²) < 4.78 is 16.2. The van der Waals surface area contributed by atoms with E-state index in [9.17, 15) is 4.79 Å². The molecular weight excluding hydrogens is 358 g/mol. The number of likely N-dealkylation sites (tertiary alicyclic amines) is 1. The molecule has 0 bridgehead atoms. The highest BCUT2D eigenvalue weighted by Gasteiger charge is 2.27. The number of carbonyl (C=O) groups is 1. The van der Waals surface area contributed by atoms with Crippen LogP contribution in [0.2, 0.25) is 0 Å². The normalized spacial score (nSPS) is 20.6. The number of nitrogens with one attached hydrogen (secondary N) is 1. The summed E-state index contributed by atoms with van der Waals surface area (Å²) in [7, 11) is 3.24. The number of urea groups is 1. The van der Waals surface area contributed by atoms with E-state index >= 15 is 0 Å². The van der Waals surface area contributed by atoms with Gasteiger partial charge in [-0.05, 0) is 31.7 Å². The van der Waals surface area contributed by atoms with Gasteiger partial charge in [-0.25, -0.2) is 4.79 Å². The zero-order valence-electron chi connectivity index (χ0n) is 17.1. The zero-order valence-corrected chi connectivity index (χ0v) is 17.1. The van der Waals surface area contributed by atoms with Crippen LogP contribution >= 0.6 is 0 Å². The van der Waals surface area contributed by atoms with Crippen LogP contribution in [0.4, 0.5) is 4.79 Å². The molecular formula is C21H33N3O4. The van der Waals surface area contributed by atoms with E-state index in [2.05, 4.69) is 10.2 Å². The number of methoxy groups -OCH3 is 2. The smallest absolute Gasteiger partial charge is 0.317 e. The molecule has 2 amide bonds. The molecule has 2 saturated heterocycles. The van der Waals surface area contributed by atoms with E-state index in [0.29, 0.717) is 24.1 Å². The fraction of sp³-hybridized carbons (Fsp3) is 0.667. The molecule has 2 fully saturated rings. The molecule has 0 radical (unpaired) electrons. The van der Waals surface area contributed by atoms with Crippen molar-refractivity contribution in [2.24, 2.45) is 0 Å². The maximum Gasteiger partial charge on any atom is 0.317 e. The van der Waals surface area contributed by atoms with Crippen LogP contribution in [-0.4, -0.2) is 75.5 Å². The van der Waals surface area contributed by atoms with Gasteiger partial charge < -0.3 is 24.4 Å². The highest BCUT2D eigenvalue weighted by atomic mass is 16.5. The van der Waals surface area contributed by atoms with Crippen molar-refractivity contribution in [1.82, 2.24) is 15.1 Å². The molecule has 28 heavy (non-hydrogen) atoms. The molecule has 156 valence electrons. The monoisotopic (exact) mass is 391 g/mol. The van der Waals surface area contributed by atoms with E-state index in [4.69, 9.17) is 14.2 Å². The minimum atomic E-state index is 0.0107. The van der Waals surface area contributed by atoms with Gasteiger partial charge in [-0.3, -0.25) is 4.90 Å². The number of benzene rings is 1. The maximum atomic E-state index is 12.9. The van der Waals surface area contributed by atoms with Gasteiger partial charge in [-0.1, -0.05) is 12.1 Å². The summed E-state index contributed by atoms with van der Waals surface area (Å²) in [5, 5.41) is 3.08. The molecule has 1 N–H and O–H groups in total. The van der Waals surface area contributed by atoms with Gasteiger partial charge in [0.05, 0.1) is 27.4 Å². The van der Waals surface area contributed by atoms with Crippen LogP contribution in [0.5, 0.6) is 11.5 Å². The van der Waals surface area contributed by atoms with Crippen LogP contribution in [0.15, 0.2) is 18.2 Å². The standard InChI is InChI=1S/C21H33N3O4/c1-26-19-8-5-6-17(20(19)27-2)16-22-21(25)24-10-4-3-7-18(24)9-11-23-12-14-28-15-13-23/h5-6,8,18H,3-4,7,9-16H2,1-2H3,(H,22,25)/t18-/m0/s1. The molecule has 0 spiro atoms. The average Bonchev–Trinajstić information content (AvgIpc) is 2.76. The first-order chi connectivity index (χ1) is 13.7. The number of hydrogen-bond donors (Lipinski definition) is 1. The fourth-order valence-electron chi connectivity index (χ4n) is 4.09. The molecule has 3 rings (SSSR count). The molecule has 7 heteroatoms. The van der Waals surface area contributed by atoms with E-state index in [1.165, 1.54) is 6.42 Å². The Balaban J connectivity index is 1.55. The Morgan fingerprint density at radius 1 is 1.18 bits per heavy atom. The summed E-state index contributed by atoms with van der Waals surface area (Å²) in [6.45, 7) is 5.90. The number of para-hydroxylation sites is 1. The lowest BCUT2D eigenvalue weighted by Gasteiger charge is -2.37. The van der Waals surface area contributed by atoms with E-state index in [1.54, 1.807) is 14.2 Å². The van der Waals surface area contributed by atoms with Gasteiger partial charge in [0.1, 0.15) is 0 Å². The minimum absolute atomic E-state index is 0.0107. The van der Waals surface area contributed by atoms with Crippen molar-refractivity contribution >= 4 is 6.03 Å². The molecule has 7 nitrogen and oxygen atoms in total. The van der Waals surface area contributed by atoms with Crippen LogP contribution in [-0.2, 0) is 11.3 Å². The fourth-order valence-corrected chi connectivity index (χ4v) is 4.09. The van der Waals surface area contributed by atoms with Crippen LogP contribution in [0.1, 0.15) is 31.2 Å². The van der Waals surface area contributed by atoms with E-state index in [0.717, 1.165) is 64.2 Å². The second-order valence-corrected chi connectivity index (χ2v) is 7.40. The third kappa shape index (κ3) is 5.29. The molecule has 1 aromatic rings. The number of piperidine rings is 1. The molecule has 1 atom stereocenters. The second-order valence-electron chi connectivity index (χ2n) is 7.40. The number of nitrogens with zero attached hydrogens (tertiary/aromatic N) is 2. The van der Waals surface area contributed by atoms with Crippen LogP contribution in [0, 0.1) is 0 Å². The Bertz CT molecular complexity index is 634. The lowest BCUT2D eigenvalue weighted by Crippen LogP contribution is -2.50. The minimum Gasteiger partial charge on any atom is -0.493 e. The highest BCUT2D eigenvalue weighted by molar-refractivity contribution is 5.74. The van der Waals surface area contributed by atoms with Crippen LogP contribution in [0.3, 0.4) is 0 Å². The quantitative estimate of drug-likeness (QED) is 0.774. The van der Waals surface area contributed by atoms with Crippen molar-refractivity contribution in [3.63, 3.8) is 0 Å². The number of ether oxygens (including phenoxy) is 3. The first-order valence-corrected chi connectivity index (χ1v) is 10.3. The van der Waals surface area contributed by atoms with Crippen molar-refractivity contribution in [3.8, 4) is 11.5 Å². The Kier molecular flexibility index (Phi) is 7.80. The van der Waals surface area contributed by atoms with Crippen molar-refractivity contribution in [3.05, 3.63) is 23.8 Å². The summed E-state index contributed by atoms with van der Waals surface area (Å²) in [6, 6.07) is 6.04. The SMILES string of the molecule is COc1cccc(CNC(=O)N2CCCC[C@H]2CCN2CCOCC2)c1OC. The number of carbonyl (C=O) groups excluding carboxylic acids is 1. The summed E-state index contributed by atoms with van der Waals surface area (Å²) in [5.74, 6) is 1.35. The van der Waals surface area contributed by atoms with Gasteiger partial charge in [0, 0.05) is 44.3 Å². The highest BCUT2D eigenvalue weighted by Crippen LogP contribution is 2.30. The average molecular weight is 392 g/mol. The Morgan fingerprint density at radius 2 is 2.00 bits per heavy atom. The number of hydrogen-bond acceptors (Lipinski definition) is 5. The molecule has 0 aromatic heterocycles. The second kappa shape index (κ2) is 10.5. The predicted octanol–water partition coefficient (Wildman–Crippen LogP) is 2.49. The third-order valence-electron chi connectivity index (χ3n) is 5.68. The topological polar surface area (TPSA) is 63.3 Å². The lowest BCUT2D eigenvalue weighted by atomic mass is 9.99. The predicted molar refractivity (Wildman–Crippen MR) is 108 cm³/mol. The maximum absolute atomic E-state index is 12.9. The molecule has 0 unspecified atom stereocenters. The number of morpholine rings is 1. The van der Waals surface area contributed by atoms with Gasteiger partial charge in [-0.2, -0.15) is 0 Å². The summed E-state index contributed by atoms with van der Waals surface area (Å²) >= 11 is 0. The van der Waals surface area contributed by atoms with E-state index in [-0.39, 0.29) is 6.03 Å². The zero-order chi connectivity index (χ0) is 19.8. The summed E-state index contributed by atoms with van der Waals surface area (Å²) in [6.07, 6.45) is 4.38. The van der Waals surface area contributed by atoms with E-state index < -0.39 is 0 Å². The van der Waals surface area contributed by atoms with Gasteiger partial charge in [0.25, 0.3) is 0 Å². The van der Waals surface area contributed by atoms with Crippen LogP contribution in [0.25, 0.3) is 0 Å². The first-order valence-electron chi connectivity index (χ1n) is 10.3. The van der Waals surface area contributed by atoms with Gasteiger partial charge >= 0.3 is 6.03 Å². The van der Waals surface area contributed by atoms with Gasteiger partial charge in [0.15, 0.2) is 11.5 Å². The van der Waals surface area contributed by atoms with Crippen molar-refractivity contribution in [1.29, 1.82) is 0 Å². The van der Waals surface area contributed by atoms with E-state index in [1.807, 2.05) is 23.1 Å². The third-order valence-corrected chi connectivity index (χ3v) is 5.68. The number of rotatable bonds is 7. The molecule has 1 aromatic carbocycles. The Morgan fingerprint density at radius 3 is 2.75 bits per heavy atom. The molecule has 0 saturated carbocycles. The van der Waals surface area contributed by atoms with Gasteiger partial charge in [0.2, 0.25) is 0 Å². The summed E-state index contributed by atoms with van der Waals surface area (Å²) in [5.41, 5.74) is 0.914. The molecule has 2 aliphatic heterocycles. The van der Waals surface area contributed by atoms with Crippen molar-refractivity contribution < 1.29 is 19.0 Å². The summed E-state index contributed by atoms with van der Waals surface area (Å²) in [4.78, 5) is 17.4. The Labute approximate surface area is 167 Å². The first kappa shape index (κ1) is 20.7. The molecule has 2 aliphatic rings. The number of amides is 2. The van der Waals surface area contributed by atoms with Crippen LogP contribution < -0.4 is 14.8 Å². The Hall–Kier alpha value is -1.99.